The topological polar surface area (TPSA) is 61.5 Å². The second-order valence-electron chi connectivity index (χ2n) is 6.57. The summed E-state index contributed by atoms with van der Waals surface area (Å²) < 4.78 is 12.8. The van der Waals surface area contributed by atoms with Crippen molar-refractivity contribution in [1.82, 2.24) is 19.6 Å². The highest BCUT2D eigenvalue weighted by Gasteiger charge is 2.17. The zero-order chi connectivity index (χ0) is 19.8. The molecule has 5 rings (SSSR count). The fraction of sp³-hybridized carbons (Fsp3) is 0.0870. The first-order chi connectivity index (χ1) is 14.3. The highest BCUT2D eigenvalue weighted by molar-refractivity contribution is 5.92. The van der Waals surface area contributed by atoms with Gasteiger partial charge in [0.2, 0.25) is 0 Å². The molecule has 0 spiro atoms. The summed E-state index contributed by atoms with van der Waals surface area (Å²) in [6.07, 6.45) is 1.74. The number of hydrogen-bond acceptors (Lipinski definition) is 5. The number of aromatic nitrogens is 4. The Morgan fingerprint density at radius 1 is 0.862 bits per heavy atom. The van der Waals surface area contributed by atoms with Crippen molar-refractivity contribution in [1.29, 1.82) is 0 Å². The fourth-order valence-corrected chi connectivity index (χ4v) is 3.48. The summed E-state index contributed by atoms with van der Waals surface area (Å²) in [5, 5.41) is 5.60. The minimum atomic E-state index is 0.652. The van der Waals surface area contributed by atoms with Gasteiger partial charge in [-0.2, -0.15) is 0 Å². The van der Waals surface area contributed by atoms with Crippen molar-refractivity contribution in [3.63, 3.8) is 0 Å². The third-order valence-electron chi connectivity index (χ3n) is 4.91. The lowest BCUT2D eigenvalue weighted by molar-refractivity contribution is 0.395. The maximum absolute atomic E-state index is 5.65. The first-order valence-corrected chi connectivity index (χ1v) is 9.21. The Labute approximate surface area is 167 Å². The number of methoxy groups -OCH3 is 2. The zero-order valence-corrected chi connectivity index (χ0v) is 16.0. The monoisotopic (exact) mass is 382 g/mol. The Hall–Kier alpha value is -3.93. The van der Waals surface area contributed by atoms with E-state index in [0.717, 1.165) is 39.3 Å². The Kier molecular flexibility index (Phi) is 4.09. The lowest BCUT2D eigenvalue weighted by atomic mass is 10.1. The molecule has 0 radical (unpaired) electrons. The molecule has 0 fully saturated rings. The van der Waals surface area contributed by atoms with E-state index in [9.17, 15) is 0 Å². The Morgan fingerprint density at radius 2 is 1.72 bits per heavy atom. The van der Waals surface area contributed by atoms with Gasteiger partial charge >= 0.3 is 0 Å². The number of ether oxygens (including phenoxy) is 2. The van der Waals surface area contributed by atoms with Crippen LogP contribution in [0.25, 0.3) is 39.2 Å². The highest BCUT2D eigenvalue weighted by Crippen LogP contribution is 2.36. The zero-order valence-electron chi connectivity index (χ0n) is 16.0. The molecule has 29 heavy (non-hydrogen) atoms. The van der Waals surface area contributed by atoms with Crippen LogP contribution >= 0.6 is 0 Å². The summed E-state index contributed by atoms with van der Waals surface area (Å²) >= 11 is 0. The van der Waals surface area contributed by atoms with E-state index in [0.29, 0.717) is 11.4 Å². The molecule has 0 amide bonds. The normalized spacial score (nSPS) is 11.1. The largest absolute Gasteiger partial charge is 0.497 e. The van der Waals surface area contributed by atoms with Crippen LogP contribution in [0.1, 0.15) is 0 Å². The van der Waals surface area contributed by atoms with Crippen LogP contribution in [0.3, 0.4) is 0 Å². The number of benzene rings is 2. The van der Waals surface area contributed by atoms with Crippen molar-refractivity contribution in [2.45, 2.75) is 0 Å². The molecule has 2 aromatic carbocycles. The van der Waals surface area contributed by atoms with Gasteiger partial charge in [-0.15, -0.1) is 5.10 Å². The number of rotatable bonds is 4. The molecule has 0 N–H and O–H groups in total. The number of hydrogen-bond donors (Lipinski definition) is 0. The number of pyridine rings is 1. The highest BCUT2D eigenvalue weighted by atomic mass is 16.5. The van der Waals surface area contributed by atoms with E-state index in [2.05, 4.69) is 4.98 Å². The predicted molar refractivity (Wildman–Crippen MR) is 112 cm³/mol. The molecule has 0 unspecified atom stereocenters. The summed E-state index contributed by atoms with van der Waals surface area (Å²) in [7, 11) is 3.29. The maximum Gasteiger partial charge on any atom is 0.183 e. The standard InChI is InChI=1S/C23H18N4O2/c1-28-16-10-11-17(21(13-16)29-2)20-14-19(15-7-4-3-5-8-15)25-23-18-9-6-12-24-22(18)26-27(20)23/h3-14H,1-2H3. The summed E-state index contributed by atoms with van der Waals surface area (Å²) in [4.78, 5) is 9.31. The Morgan fingerprint density at radius 3 is 2.52 bits per heavy atom. The molecule has 0 atom stereocenters. The van der Waals surface area contributed by atoms with Crippen molar-refractivity contribution in [2.24, 2.45) is 0 Å². The SMILES string of the molecule is COc1ccc(-c2cc(-c3ccccc3)nc3c4cccnc4nn23)c(OC)c1. The van der Waals surface area contributed by atoms with E-state index >= 15 is 0 Å². The van der Waals surface area contributed by atoms with Crippen LogP contribution in [0.2, 0.25) is 0 Å². The Balaban J connectivity index is 1.87. The molecule has 6 heteroatoms. The predicted octanol–water partition coefficient (Wildman–Crippen LogP) is 4.63. The van der Waals surface area contributed by atoms with Gasteiger partial charge in [0.15, 0.2) is 11.3 Å². The van der Waals surface area contributed by atoms with E-state index < -0.39 is 0 Å². The molecule has 3 aromatic heterocycles. The average Bonchev–Trinajstić information content (AvgIpc) is 3.17. The lowest BCUT2D eigenvalue weighted by Gasteiger charge is -2.13. The van der Waals surface area contributed by atoms with Crippen LogP contribution in [0.5, 0.6) is 11.5 Å². The van der Waals surface area contributed by atoms with E-state index in [1.165, 1.54) is 0 Å². The van der Waals surface area contributed by atoms with Gasteiger partial charge in [0.05, 0.1) is 31.0 Å². The smallest absolute Gasteiger partial charge is 0.183 e. The summed E-state index contributed by atoms with van der Waals surface area (Å²) in [6, 6.07) is 21.8. The van der Waals surface area contributed by atoms with Gasteiger partial charge in [0, 0.05) is 23.4 Å². The van der Waals surface area contributed by atoms with Gasteiger partial charge in [-0.05, 0) is 30.3 Å². The second-order valence-corrected chi connectivity index (χ2v) is 6.57. The van der Waals surface area contributed by atoms with Crippen LogP contribution in [0.4, 0.5) is 0 Å². The van der Waals surface area contributed by atoms with E-state index in [1.807, 2.05) is 71.2 Å². The Bertz CT molecular complexity index is 1330. The van der Waals surface area contributed by atoms with Gasteiger partial charge < -0.3 is 9.47 Å². The molecule has 0 aliphatic heterocycles. The van der Waals surface area contributed by atoms with E-state index in [4.69, 9.17) is 19.6 Å². The molecule has 5 aromatic rings. The van der Waals surface area contributed by atoms with Crippen molar-refractivity contribution in [2.75, 3.05) is 14.2 Å². The van der Waals surface area contributed by atoms with Crippen molar-refractivity contribution >= 4 is 16.7 Å². The third-order valence-corrected chi connectivity index (χ3v) is 4.91. The summed E-state index contributed by atoms with van der Waals surface area (Å²) in [5.74, 6) is 1.43. The minimum Gasteiger partial charge on any atom is -0.497 e. The van der Waals surface area contributed by atoms with Crippen LogP contribution in [0.15, 0.2) is 72.9 Å². The summed E-state index contributed by atoms with van der Waals surface area (Å²) in [5.41, 5.74) is 5.05. The molecule has 0 aliphatic carbocycles. The maximum atomic E-state index is 5.65. The molecule has 0 bridgehead atoms. The summed E-state index contributed by atoms with van der Waals surface area (Å²) in [6.45, 7) is 0. The molecular weight excluding hydrogens is 364 g/mol. The van der Waals surface area contributed by atoms with Gasteiger partial charge in [-0.1, -0.05) is 30.3 Å². The number of fused-ring (bicyclic) bond motifs is 3. The van der Waals surface area contributed by atoms with Crippen molar-refractivity contribution < 1.29 is 9.47 Å². The molecular formula is C23H18N4O2. The van der Waals surface area contributed by atoms with E-state index in [1.54, 1.807) is 20.4 Å². The van der Waals surface area contributed by atoms with E-state index in [-0.39, 0.29) is 0 Å². The van der Waals surface area contributed by atoms with Crippen molar-refractivity contribution in [3.8, 4) is 34.0 Å². The molecule has 0 saturated carbocycles. The first kappa shape index (κ1) is 17.2. The fourth-order valence-electron chi connectivity index (χ4n) is 3.48. The van der Waals surface area contributed by atoms with Gasteiger partial charge in [0.25, 0.3) is 0 Å². The van der Waals surface area contributed by atoms with Crippen LogP contribution in [-0.4, -0.2) is 33.8 Å². The van der Waals surface area contributed by atoms with Crippen LogP contribution in [-0.2, 0) is 0 Å². The molecule has 6 nitrogen and oxygen atoms in total. The lowest BCUT2D eigenvalue weighted by Crippen LogP contribution is -2.00. The second kappa shape index (κ2) is 6.91. The van der Waals surface area contributed by atoms with Crippen LogP contribution in [0, 0.1) is 0 Å². The minimum absolute atomic E-state index is 0.652. The van der Waals surface area contributed by atoms with Crippen molar-refractivity contribution in [3.05, 3.63) is 72.9 Å². The van der Waals surface area contributed by atoms with Crippen LogP contribution < -0.4 is 9.47 Å². The first-order valence-electron chi connectivity index (χ1n) is 9.21. The third kappa shape index (κ3) is 2.86. The van der Waals surface area contributed by atoms with Gasteiger partial charge in [0.1, 0.15) is 11.5 Å². The molecule has 0 saturated heterocycles. The molecule has 0 aliphatic rings. The quantitative estimate of drug-likeness (QED) is 0.454. The number of nitrogens with zero attached hydrogens (tertiary/aromatic N) is 4. The average molecular weight is 382 g/mol. The van der Waals surface area contributed by atoms with Gasteiger partial charge in [-0.25, -0.2) is 14.5 Å². The molecule has 142 valence electrons. The molecule has 3 heterocycles. The van der Waals surface area contributed by atoms with Gasteiger partial charge in [-0.3, -0.25) is 0 Å².